The number of hydrogen-bond acceptors (Lipinski definition) is 6. The van der Waals surface area contributed by atoms with Gasteiger partial charge in [0.05, 0.1) is 13.4 Å². The van der Waals surface area contributed by atoms with Crippen molar-refractivity contribution in [2.24, 2.45) is 5.92 Å². The quantitative estimate of drug-likeness (QED) is 0.443. The molecule has 0 aliphatic carbocycles. The minimum absolute atomic E-state index is 0.0302. The Balaban J connectivity index is 1.14. The first-order valence-corrected chi connectivity index (χ1v) is 10.5. The van der Waals surface area contributed by atoms with Gasteiger partial charge in [-0.3, -0.25) is 4.79 Å². The van der Waals surface area contributed by atoms with Gasteiger partial charge in [-0.25, -0.2) is 15.0 Å². The summed E-state index contributed by atoms with van der Waals surface area (Å²) < 4.78 is 5.27. The molecule has 0 radical (unpaired) electrons. The van der Waals surface area contributed by atoms with Crippen molar-refractivity contribution >= 4 is 33.8 Å². The van der Waals surface area contributed by atoms with E-state index in [1.54, 1.807) is 13.4 Å². The number of aromatic amines is 2. The van der Waals surface area contributed by atoms with E-state index >= 15 is 0 Å². The van der Waals surface area contributed by atoms with Crippen molar-refractivity contribution in [2.45, 2.75) is 19.3 Å². The fourth-order valence-corrected chi connectivity index (χ4v) is 4.31. The molecule has 9 heteroatoms. The molecule has 0 unspecified atom stereocenters. The van der Waals surface area contributed by atoms with Crippen LogP contribution < -0.4 is 15.0 Å². The Morgan fingerprint density at radius 1 is 1.23 bits per heavy atom. The summed E-state index contributed by atoms with van der Waals surface area (Å²) in [6.45, 7) is 2.19. The molecule has 3 aromatic heterocycles. The van der Waals surface area contributed by atoms with Crippen LogP contribution in [0.1, 0.15) is 18.4 Å². The molecule has 1 amide bonds. The van der Waals surface area contributed by atoms with E-state index < -0.39 is 0 Å². The average Bonchev–Trinajstić information content (AvgIpc) is 3.45. The van der Waals surface area contributed by atoms with Crippen molar-refractivity contribution in [2.75, 3.05) is 31.6 Å². The summed E-state index contributed by atoms with van der Waals surface area (Å²) in [6.07, 6.45) is 7.57. The zero-order valence-electron chi connectivity index (χ0n) is 17.4. The second-order valence-electron chi connectivity index (χ2n) is 7.83. The van der Waals surface area contributed by atoms with E-state index in [0.717, 1.165) is 55.0 Å². The molecule has 1 aromatic carbocycles. The number of methoxy groups -OCH3 is 1. The minimum Gasteiger partial charge on any atom is -0.497 e. The lowest BCUT2D eigenvalue weighted by Gasteiger charge is -2.32. The highest BCUT2D eigenvalue weighted by Gasteiger charge is 2.26. The third-order valence-electron chi connectivity index (χ3n) is 6.04. The first kappa shape index (κ1) is 19.3. The van der Waals surface area contributed by atoms with Crippen LogP contribution in [0.15, 0.2) is 37.1 Å². The number of anilines is 1. The lowest BCUT2D eigenvalue weighted by Crippen LogP contribution is -2.41. The number of H-pyrrole nitrogens is 2. The molecule has 0 spiro atoms. The van der Waals surface area contributed by atoms with Gasteiger partial charge >= 0.3 is 0 Å². The molecule has 9 nitrogen and oxygen atoms in total. The molecule has 0 saturated carbocycles. The number of carbonyl (C=O) groups is 1. The van der Waals surface area contributed by atoms with Crippen LogP contribution in [-0.4, -0.2) is 57.6 Å². The highest BCUT2D eigenvalue weighted by atomic mass is 16.5. The van der Waals surface area contributed by atoms with E-state index in [4.69, 9.17) is 4.74 Å². The number of aromatic nitrogens is 5. The molecule has 1 aliphatic heterocycles. The van der Waals surface area contributed by atoms with Gasteiger partial charge in [-0.1, -0.05) is 0 Å². The van der Waals surface area contributed by atoms with E-state index in [1.165, 1.54) is 17.3 Å². The van der Waals surface area contributed by atoms with Gasteiger partial charge in [0.15, 0.2) is 11.5 Å². The summed E-state index contributed by atoms with van der Waals surface area (Å²) in [7, 11) is 1.66. The minimum atomic E-state index is 0.0302. The maximum absolute atomic E-state index is 12.7. The molecule has 0 atom stereocenters. The molecule has 4 heterocycles. The van der Waals surface area contributed by atoms with Crippen molar-refractivity contribution in [1.82, 2.24) is 30.2 Å². The molecule has 31 heavy (non-hydrogen) atoms. The van der Waals surface area contributed by atoms with Crippen LogP contribution >= 0.6 is 0 Å². The second kappa shape index (κ2) is 8.25. The number of carbonyl (C=O) groups excluding carboxylic acids is 1. The van der Waals surface area contributed by atoms with Crippen molar-refractivity contribution in [1.29, 1.82) is 0 Å². The Kier molecular flexibility index (Phi) is 5.15. The van der Waals surface area contributed by atoms with E-state index in [-0.39, 0.29) is 11.8 Å². The highest BCUT2D eigenvalue weighted by molar-refractivity contribution is 5.85. The SMILES string of the molecule is COc1ccc2c(CCNC(=O)C3CCN(c4ncnc5nc[nH]c45)CC3)c[nH]c2c1. The molecule has 3 N–H and O–H groups in total. The highest BCUT2D eigenvalue weighted by Crippen LogP contribution is 2.26. The summed E-state index contributed by atoms with van der Waals surface area (Å²) in [6, 6.07) is 6.00. The number of rotatable bonds is 6. The molecule has 5 rings (SSSR count). The molecular weight excluding hydrogens is 394 g/mol. The van der Waals surface area contributed by atoms with E-state index in [9.17, 15) is 4.79 Å². The van der Waals surface area contributed by atoms with E-state index in [1.807, 2.05) is 18.3 Å². The van der Waals surface area contributed by atoms with Crippen LogP contribution in [0.3, 0.4) is 0 Å². The monoisotopic (exact) mass is 419 g/mol. The van der Waals surface area contributed by atoms with Crippen LogP contribution in [0.4, 0.5) is 5.82 Å². The molecule has 0 bridgehead atoms. The number of nitrogens with zero attached hydrogens (tertiary/aromatic N) is 4. The van der Waals surface area contributed by atoms with Gasteiger partial charge in [0, 0.05) is 48.7 Å². The lowest BCUT2D eigenvalue weighted by molar-refractivity contribution is -0.125. The Bertz CT molecular complexity index is 1210. The van der Waals surface area contributed by atoms with Crippen LogP contribution in [0.2, 0.25) is 0 Å². The third kappa shape index (κ3) is 3.78. The molecule has 160 valence electrons. The number of amides is 1. The van der Waals surface area contributed by atoms with Crippen molar-refractivity contribution < 1.29 is 9.53 Å². The van der Waals surface area contributed by atoms with Gasteiger partial charge < -0.3 is 24.9 Å². The van der Waals surface area contributed by atoms with Crippen molar-refractivity contribution in [3.8, 4) is 5.75 Å². The van der Waals surface area contributed by atoms with Crippen LogP contribution in [0.25, 0.3) is 22.1 Å². The first-order valence-electron chi connectivity index (χ1n) is 10.5. The zero-order chi connectivity index (χ0) is 21.2. The molecule has 1 saturated heterocycles. The number of ether oxygens (including phenoxy) is 1. The third-order valence-corrected chi connectivity index (χ3v) is 6.04. The predicted octanol–water partition coefficient (Wildman–Crippen LogP) is 2.42. The van der Waals surface area contributed by atoms with Crippen LogP contribution in [0, 0.1) is 5.92 Å². The standard InChI is InChI=1S/C22H25N7O2/c1-31-16-2-3-17-15(11-24-18(17)10-16)4-7-23-22(30)14-5-8-29(9-6-14)21-19-20(26-12-25-19)27-13-28-21/h2-3,10-14,24H,4-9H2,1H3,(H,23,30)(H,25,26,27,28). The summed E-state index contributed by atoms with van der Waals surface area (Å²) in [5.41, 5.74) is 3.76. The second-order valence-corrected chi connectivity index (χ2v) is 7.83. The number of nitrogens with one attached hydrogen (secondary N) is 3. The normalized spacial score (nSPS) is 14.9. The topological polar surface area (TPSA) is 112 Å². The summed E-state index contributed by atoms with van der Waals surface area (Å²) in [5, 5.41) is 4.29. The number of benzene rings is 1. The molecule has 4 aromatic rings. The average molecular weight is 419 g/mol. The van der Waals surface area contributed by atoms with Crippen molar-refractivity contribution in [3.63, 3.8) is 0 Å². The van der Waals surface area contributed by atoms with Gasteiger partial charge in [0.2, 0.25) is 5.91 Å². The fraction of sp³-hybridized carbons (Fsp3) is 0.364. The first-order chi connectivity index (χ1) is 15.2. The predicted molar refractivity (Wildman–Crippen MR) is 118 cm³/mol. The fourth-order valence-electron chi connectivity index (χ4n) is 4.31. The number of piperidine rings is 1. The number of fused-ring (bicyclic) bond motifs is 2. The van der Waals surface area contributed by atoms with Gasteiger partial charge in [-0.2, -0.15) is 0 Å². The summed E-state index contributed by atoms with van der Waals surface area (Å²) in [5.74, 6) is 1.85. The van der Waals surface area contributed by atoms with E-state index in [0.29, 0.717) is 12.2 Å². The molecule has 1 fully saturated rings. The molecule has 1 aliphatic rings. The molecular formula is C22H25N7O2. The number of imidazole rings is 1. The smallest absolute Gasteiger partial charge is 0.223 e. The lowest BCUT2D eigenvalue weighted by atomic mass is 9.95. The Labute approximate surface area is 179 Å². The summed E-state index contributed by atoms with van der Waals surface area (Å²) >= 11 is 0. The van der Waals surface area contributed by atoms with Gasteiger partial charge in [0.25, 0.3) is 0 Å². The Hall–Kier alpha value is -3.62. The van der Waals surface area contributed by atoms with Gasteiger partial charge in [-0.15, -0.1) is 0 Å². The zero-order valence-corrected chi connectivity index (χ0v) is 17.4. The van der Waals surface area contributed by atoms with Gasteiger partial charge in [0.1, 0.15) is 17.6 Å². The van der Waals surface area contributed by atoms with Crippen molar-refractivity contribution in [3.05, 3.63) is 42.6 Å². The Morgan fingerprint density at radius 3 is 2.94 bits per heavy atom. The number of hydrogen-bond donors (Lipinski definition) is 3. The van der Waals surface area contributed by atoms with Crippen LogP contribution in [-0.2, 0) is 11.2 Å². The largest absolute Gasteiger partial charge is 0.497 e. The van der Waals surface area contributed by atoms with E-state index in [2.05, 4.69) is 41.2 Å². The van der Waals surface area contributed by atoms with Crippen LogP contribution in [0.5, 0.6) is 5.75 Å². The maximum Gasteiger partial charge on any atom is 0.223 e. The maximum atomic E-state index is 12.7. The Morgan fingerprint density at radius 2 is 2.10 bits per heavy atom. The van der Waals surface area contributed by atoms with Gasteiger partial charge in [-0.05, 0) is 37.0 Å². The summed E-state index contributed by atoms with van der Waals surface area (Å²) in [4.78, 5) is 34.1.